The van der Waals surface area contributed by atoms with Crippen LogP contribution in [-0.2, 0) is 0 Å². The van der Waals surface area contributed by atoms with Gasteiger partial charge in [-0.25, -0.2) is 0 Å². The summed E-state index contributed by atoms with van der Waals surface area (Å²) in [5, 5.41) is 1.88. The Bertz CT molecular complexity index is 804. The van der Waals surface area contributed by atoms with Crippen molar-refractivity contribution < 1.29 is 4.79 Å². The highest BCUT2D eigenvalue weighted by Crippen LogP contribution is 2.21. The van der Waals surface area contributed by atoms with Crippen molar-refractivity contribution in [2.24, 2.45) is 0 Å². The molecular weight excluding hydrogens is 248 g/mol. The Kier molecular flexibility index (Phi) is 2.95. The van der Waals surface area contributed by atoms with Gasteiger partial charge in [-0.15, -0.1) is 0 Å². The highest BCUT2D eigenvalue weighted by Gasteiger charge is 2.13. The maximum absolute atomic E-state index is 12.6. The Morgan fingerprint density at radius 2 is 1.90 bits per heavy atom. The molecule has 0 unspecified atom stereocenters. The molecule has 3 heteroatoms. The van der Waals surface area contributed by atoms with Crippen LogP contribution in [0.1, 0.15) is 21.5 Å². The molecule has 0 fully saturated rings. The SMILES string of the molecule is Cc1cc(C(=O)c2cncc3ccccc23)ccc1N. The number of carbonyl (C=O) groups excluding carboxylic acids is 1. The second kappa shape index (κ2) is 4.78. The number of aryl methyl sites for hydroxylation is 1. The zero-order chi connectivity index (χ0) is 14.1. The van der Waals surface area contributed by atoms with Gasteiger partial charge in [-0.2, -0.15) is 0 Å². The van der Waals surface area contributed by atoms with Crippen LogP contribution >= 0.6 is 0 Å². The van der Waals surface area contributed by atoms with Crippen molar-refractivity contribution in [3.05, 3.63) is 71.5 Å². The van der Waals surface area contributed by atoms with Gasteiger partial charge in [-0.3, -0.25) is 9.78 Å². The largest absolute Gasteiger partial charge is 0.399 e. The average Bonchev–Trinajstić information content (AvgIpc) is 2.49. The van der Waals surface area contributed by atoms with Gasteiger partial charge in [-0.05, 0) is 36.1 Å². The van der Waals surface area contributed by atoms with Crippen LogP contribution < -0.4 is 5.73 Å². The summed E-state index contributed by atoms with van der Waals surface area (Å²) in [6, 6.07) is 13.1. The second-order valence-corrected chi connectivity index (χ2v) is 4.81. The van der Waals surface area contributed by atoms with E-state index in [2.05, 4.69) is 4.98 Å². The summed E-state index contributed by atoms with van der Waals surface area (Å²) in [7, 11) is 0. The molecule has 0 atom stereocenters. The maximum atomic E-state index is 12.6. The molecule has 3 aromatic rings. The van der Waals surface area contributed by atoms with Crippen molar-refractivity contribution >= 4 is 22.2 Å². The van der Waals surface area contributed by atoms with Crippen molar-refractivity contribution in [3.8, 4) is 0 Å². The molecule has 1 aromatic heterocycles. The monoisotopic (exact) mass is 262 g/mol. The van der Waals surface area contributed by atoms with E-state index in [1.54, 1.807) is 24.5 Å². The minimum Gasteiger partial charge on any atom is -0.399 e. The molecule has 2 aromatic carbocycles. The fourth-order valence-corrected chi connectivity index (χ4v) is 2.27. The number of nitrogens with two attached hydrogens (primary N) is 1. The van der Waals surface area contributed by atoms with Crippen LogP contribution in [0.5, 0.6) is 0 Å². The van der Waals surface area contributed by atoms with Gasteiger partial charge in [0, 0.05) is 34.6 Å². The molecule has 0 spiro atoms. The van der Waals surface area contributed by atoms with E-state index in [0.29, 0.717) is 16.8 Å². The van der Waals surface area contributed by atoms with E-state index in [1.165, 1.54) is 0 Å². The van der Waals surface area contributed by atoms with Gasteiger partial charge < -0.3 is 5.73 Å². The first kappa shape index (κ1) is 12.4. The van der Waals surface area contributed by atoms with Gasteiger partial charge in [0.25, 0.3) is 0 Å². The number of fused-ring (bicyclic) bond motifs is 1. The van der Waals surface area contributed by atoms with Crippen molar-refractivity contribution in [2.45, 2.75) is 6.92 Å². The molecule has 0 amide bonds. The van der Waals surface area contributed by atoms with E-state index < -0.39 is 0 Å². The van der Waals surface area contributed by atoms with Crippen molar-refractivity contribution in [1.82, 2.24) is 4.98 Å². The number of pyridine rings is 1. The first-order valence-electron chi connectivity index (χ1n) is 6.40. The summed E-state index contributed by atoms with van der Waals surface area (Å²) >= 11 is 0. The van der Waals surface area contributed by atoms with Crippen LogP contribution in [0.4, 0.5) is 5.69 Å². The Morgan fingerprint density at radius 3 is 2.70 bits per heavy atom. The normalized spacial score (nSPS) is 10.7. The number of hydrogen-bond acceptors (Lipinski definition) is 3. The summed E-state index contributed by atoms with van der Waals surface area (Å²) in [4.78, 5) is 16.8. The lowest BCUT2D eigenvalue weighted by Gasteiger charge is -2.07. The number of rotatable bonds is 2. The number of aromatic nitrogens is 1. The van der Waals surface area contributed by atoms with E-state index in [9.17, 15) is 4.79 Å². The maximum Gasteiger partial charge on any atom is 0.195 e. The van der Waals surface area contributed by atoms with E-state index in [-0.39, 0.29) is 5.78 Å². The first-order valence-corrected chi connectivity index (χ1v) is 6.40. The highest BCUT2D eigenvalue weighted by molar-refractivity contribution is 6.16. The van der Waals surface area contributed by atoms with E-state index >= 15 is 0 Å². The fraction of sp³-hybridized carbons (Fsp3) is 0.0588. The molecular formula is C17H14N2O. The van der Waals surface area contributed by atoms with Crippen LogP contribution in [0.25, 0.3) is 10.8 Å². The van der Waals surface area contributed by atoms with Gasteiger partial charge in [0.1, 0.15) is 0 Å². The molecule has 0 radical (unpaired) electrons. The van der Waals surface area contributed by atoms with Gasteiger partial charge in [0.05, 0.1) is 0 Å². The molecule has 0 aliphatic rings. The molecule has 3 rings (SSSR count). The Labute approximate surface area is 117 Å². The van der Waals surface area contributed by atoms with Crippen LogP contribution in [0.3, 0.4) is 0 Å². The van der Waals surface area contributed by atoms with Crippen molar-refractivity contribution in [1.29, 1.82) is 0 Å². The molecule has 0 saturated carbocycles. The lowest BCUT2D eigenvalue weighted by Crippen LogP contribution is -2.04. The topological polar surface area (TPSA) is 56.0 Å². The van der Waals surface area contributed by atoms with E-state index in [4.69, 9.17) is 5.73 Å². The number of carbonyl (C=O) groups is 1. The third kappa shape index (κ3) is 2.03. The lowest BCUT2D eigenvalue weighted by atomic mass is 9.98. The number of hydrogen-bond donors (Lipinski definition) is 1. The predicted octanol–water partition coefficient (Wildman–Crippen LogP) is 3.36. The molecule has 1 heterocycles. The standard InChI is InChI=1S/C17H14N2O/c1-11-8-12(6-7-16(11)18)17(20)15-10-19-9-13-4-2-3-5-14(13)15/h2-10H,18H2,1H3. The summed E-state index contributed by atoms with van der Waals surface area (Å²) in [6.45, 7) is 1.90. The van der Waals surface area contributed by atoms with Crippen LogP contribution in [-0.4, -0.2) is 10.8 Å². The van der Waals surface area contributed by atoms with Gasteiger partial charge in [-0.1, -0.05) is 24.3 Å². The van der Waals surface area contributed by atoms with Gasteiger partial charge in [0.15, 0.2) is 5.78 Å². The van der Waals surface area contributed by atoms with E-state index in [0.717, 1.165) is 16.3 Å². The lowest BCUT2D eigenvalue weighted by molar-refractivity contribution is 0.104. The average molecular weight is 262 g/mol. The summed E-state index contributed by atoms with van der Waals surface area (Å²) in [6.07, 6.45) is 3.39. The summed E-state index contributed by atoms with van der Waals surface area (Å²) in [5.41, 5.74) is 8.65. The van der Waals surface area contributed by atoms with E-state index in [1.807, 2.05) is 37.3 Å². The van der Waals surface area contributed by atoms with Crippen LogP contribution in [0, 0.1) is 6.92 Å². The predicted molar refractivity (Wildman–Crippen MR) is 80.8 cm³/mol. The highest BCUT2D eigenvalue weighted by atomic mass is 16.1. The molecule has 0 aliphatic heterocycles. The Balaban J connectivity index is 2.15. The van der Waals surface area contributed by atoms with Crippen LogP contribution in [0.2, 0.25) is 0 Å². The van der Waals surface area contributed by atoms with Crippen LogP contribution in [0.15, 0.2) is 54.9 Å². The molecule has 2 N–H and O–H groups in total. The number of benzene rings is 2. The number of ketones is 1. The minimum absolute atomic E-state index is 0.0302. The third-order valence-electron chi connectivity index (χ3n) is 3.44. The molecule has 20 heavy (non-hydrogen) atoms. The summed E-state index contributed by atoms with van der Waals surface area (Å²) < 4.78 is 0. The molecule has 98 valence electrons. The molecule has 0 saturated heterocycles. The minimum atomic E-state index is -0.0302. The zero-order valence-electron chi connectivity index (χ0n) is 11.1. The second-order valence-electron chi connectivity index (χ2n) is 4.81. The number of nitrogen functional groups attached to an aromatic ring is 1. The number of anilines is 1. The molecule has 0 bridgehead atoms. The molecule has 3 nitrogen and oxygen atoms in total. The summed E-state index contributed by atoms with van der Waals surface area (Å²) in [5.74, 6) is -0.0302. The third-order valence-corrected chi connectivity index (χ3v) is 3.44. The van der Waals surface area contributed by atoms with Gasteiger partial charge >= 0.3 is 0 Å². The smallest absolute Gasteiger partial charge is 0.195 e. The number of nitrogens with zero attached hydrogens (tertiary/aromatic N) is 1. The zero-order valence-corrected chi connectivity index (χ0v) is 11.1. The van der Waals surface area contributed by atoms with Gasteiger partial charge in [0.2, 0.25) is 0 Å². The van der Waals surface area contributed by atoms with Crippen molar-refractivity contribution in [3.63, 3.8) is 0 Å². The Morgan fingerprint density at radius 1 is 1.10 bits per heavy atom. The fourth-order valence-electron chi connectivity index (χ4n) is 2.27. The quantitative estimate of drug-likeness (QED) is 0.569. The first-order chi connectivity index (χ1) is 9.66. The molecule has 0 aliphatic carbocycles. The Hall–Kier alpha value is -2.68. The van der Waals surface area contributed by atoms with Crippen molar-refractivity contribution in [2.75, 3.05) is 5.73 Å².